The molecule has 1 amide bonds. The van der Waals surface area contributed by atoms with E-state index >= 15 is 0 Å². The summed E-state index contributed by atoms with van der Waals surface area (Å²) in [5.41, 5.74) is 1.80. The van der Waals surface area contributed by atoms with Crippen molar-refractivity contribution >= 4 is 17.5 Å². The second-order valence-electron chi connectivity index (χ2n) is 5.61. The van der Waals surface area contributed by atoms with E-state index in [2.05, 4.69) is 15.5 Å². The van der Waals surface area contributed by atoms with Crippen LogP contribution in [0.4, 0.5) is 0 Å². The Kier molecular flexibility index (Phi) is 5.46. The highest BCUT2D eigenvalue weighted by atomic mass is 35.5. The van der Waals surface area contributed by atoms with Gasteiger partial charge in [0.1, 0.15) is 0 Å². The molecule has 0 aliphatic rings. The quantitative estimate of drug-likeness (QED) is 0.719. The summed E-state index contributed by atoms with van der Waals surface area (Å²) in [7, 11) is 0. The normalized spacial score (nSPS) is 11.9. The maximum Gasteiger partial charge on any atom is 0.246 e. The van der Waals surface area contributed by atoms with E-state index in [-0.39, 0.29) is 18.4 Å². The molecule has 5 nitrogen and oxygen atoms in total. The largest absolute Gasteiger partial charge is 0.346 e. The number of carbonyl (C=O) groups is 1. The van der Waals surface area contributed by atoms with Gasteiger partial charge in [-0.3, -0.25) is 4.79 Å². The molecule has 0 spiro atoms. The first-order valence-electron chi connectivity index (χ1n) is 8.08. The number of aromatic nitrogens is 2. The van der Waals surface area contributed by atoms with Gasteiger partial charge in [0, 0.05) is 10.6 Å². The summed E-state index contributed by atoms with van der Waals surface area (Å²) in [6.07, 6.45) is 0.718. The van der Waals surface area contributed by atoms with E-state index in [1.54, 1.807) is 12.1 Å². The molecule has 6 heteroatoms. The Balaban J connectivity index is 1.63. The highest BCUT2D eigenvalue weighted by Crippen LogP contribution is 2.20. The molecule has 1 atom stereocenters. The lowest BCUT2D eigenvalue weighted by molar-refractivity contribution is -0.122. The van der Waals surface area contributed by atoms with Crippen molar-refractivity contribution in [2.45, 2.75) is 25.8 Å². The Morgan fingerprint density at radius 1 is 1.16 bits per heavy atom. The predicted molar refractivity (Wildman–Crippen MR) is 96.1 cm³/mol. The van der Waals surface area contributed by atoms with E-state index in [4.69, 9.17) is 16.1 Å². The maximum absolute atomic E-state index is 12.4. The first-order valence-corrected chi connectivity index (χ1v) is 8.46. The zero-order valence-corrected chi connectivity index (χ0v) is 14.5. The van der Waals surface area contributed by atoms with Crippen molar-refractivity contribution < 1.29 is 9.32 Å². The summed E-state index contributed by atoms with van der Waals surface area (Å²) < 4.78 is 5.21. The standard InChI is InChI=1S/C19H18ClN3O2/c1-2-16(13-6-4-3-5-7-13)19(24)21-12-17-22-18(23-25-17)14-8-10-15(20)11-9-14/h3-11,16H,2,12H2,1H3,(H,21,24). The zero-order valence-electron chi connectivity index (χ0n) is 13.8. The number of nitrogens with zero attached hydrogens (tertiary/aromatic N) is 2. The first kappa shape index (κ1) is 17.2. The summed E-state index contributed by atoms with van der Waals surface area (Å²) in [5, 5.41) is 7.45. The molecule has 1 unspecified atom stereocenters. The van der Waals surface area contributed by atoms with Crippen molar-refractivity contribution in [3.8, 4) is 11.4 Å². The molecule has 1 aromatic heterocycles. The number of carbonyl (C=O) groups excluding carboxylic acids is 1. The van der Waals surface area contributed by atoms with E-state index in [1.807, 2.05) is 49.4 Å². The van der Waals surface area contributed by atoms with Crippen LogP contribution >= 0.6 is 11.6 Å². The van der Waals surface area contributed by atoms with Gasteiger partial charge in [0.15, 0.2) is 0 Å². The van der Waals surface area contributed by atoms with Gasteiger partial charge in [-0.15, -0.1) is 0 Å². The average molecular weight is 356 g/mol. The smallest absolute Gasteiger partial charge is 0.246 e. The molecule has 2 aromatic carbocycles. The molecule has 0 bridgehead atoms. The third-order valence-electron chi connectivity index (χ3n) is 3.91. The fourth-order valence-electron chi connectivity index (χ4n) is 2.59. The van der Waals surface area contributed by atoms with Crippen molar-refractivity contribution in [3.05, 3.63) is 71.1 Å². The lowest BCUT2D eigenvalue weighted by Gasteiger charge is -2.14. The molecule has 1 N–H and O–H groups in total. The van der Waals surface area contributed by atoms with Crippen molar-refractivity contribution in [1.29, 1.82) is 0 Å². The topological polar surface area (TPSA) is 68.0 Å². The Morgan fingerprint density at radius 2 is 1.88 bits per heavy atom. The molecule has 0 aliphatic carbocycles. The van der Waals surface area contributed by atoms with Crippen molar-refractivity contribution in [3.63, 3.8) is 0 Å². The van der Waals surface area contributed by atoms with E-state index in [9.17, 15) is 4.79 Å². The van der Waals surface area contributed by atoms with Crippen LogP contribution in [0.1, 0.15) is 30.7 Å². The molecule has 1 heterocycles. The molecule has 128 valence electrons. The van der Waals surface area contributed by atoms with E-state index in [0.29, 0.717) is 16.7 Å². The van der Waals surface area contributed by atoms with Crippen LogP contribution in [0.2, 0.25) is 5.02 Å². The SMILES string of the molecule is CCC(C(=O)NCc1nc(-c2ccc(Cl)cc2)no1)c1ccccc1. The molecule has 0 saturated carbocycles. The summed E-state index contributed by atoms with van der Waals surface area (Å²) in [6, 6.07) is 16.9. The lowest BCUT2D eigenvalue weighted by atomic mass is 9.96. The summed E-state index contributed by atoms with van der Waals surface area (Å²) >= 11 is 5.87. The van der Waals surface area contributed by atoms with Gasteiger partial charge in [-0.05, 0) is 36.2 Å². The van der Waals surface area contributed by atoms with Gasteiger partial charge in [-0.1, -0.05) is 54.0 Å². The van der Waals surface area contributed by atoms with Gasteiger partial charge in [0.05, 0.1) is 12.5 Å². The molecule has 25 heavy (non-hydrogen) atoms. The number of amides is 1. The number of hydrogen-bond donors (Lipinski definition) is 1. The predicted octanol–water partition coefficient (Wildman–Crippen LogP) is 4.20. The van der Waals surface area contributed by atoms with Crippen LogP contribution in [0, 0.1) is 0 Å². The fourth-order valence-corrected chi connectivity index (χ4v) is 2.71. The molecule has 0 aliphatic heterocycles. The summed E-state index contributed by atoms with van der Waals surface area (Å²) in [5.74, 6) is 0.581. The van der Waals surface area contributed by atoms with E-state index in [0.717, 1.165) is 17.5 Å². The van der Waals surface area contributed by atoms with Crippen molar-refractivity contribution in [2.24, 2.45) is 0 Å². The summed E-state index contributed by atoms with van der Waals surface area (Å²) in [6.45, 7) is 2.19. The van der Waals surface area contributed by atoms with Gasteiger partial charge in [-0.2, -0.15) is 4.98 Å². The lowest BCUT2D eigenvalue weighted by Crippen LogP contribution is -2.28. The third-order valence-corrected chi connectivity index (χ3v) is 4.16. The average Bonchev–Trinajstić information content (AvgIpc) is 3.11. The molecule has 0 fully saturated rings. The number of nitrogens with one attached hydrogen (secondary N) is 1. The summed E-state index contributed by atoms with van der Waals surface area (Å²) in [4.78, 5) is 16.8. The molecule has 0 saturated heterocycles. The highest BCUT2D eigenvalue weighted by Gasteiger charge is 2.19. The molecular weight excluding hydrogens is 338 g/mol. The van der Waals surface area contributed by atoms with Gasteiger partial charge >= 0.3 is 0 Å². The number of hydrogen-bond acceptors (Lipinski definition) is 4. The van der Waals surface area contributed by atoms with Gasteiger partial charge in [0.25, 0.3) is 0 Å². The maximum atomic E-state index is 12.4. The molecule has 0 radical (unpaired) electrons. The minimum absolute atomic E-state index is 0.0556. The van der Waals surface area contributed by atoms with Crippen LogP contribution in [0.15, 0.2) is 59.1 Å². The second kappa shape index (κ2) is 7.94. The van der Waals surface area contributed by atoms with Crippen LogP contribution in [0.5, 0.6) is 0 Å². The monoisotopic (exact) mass is 355 g/mol. The van der Waals surface area contributed by atoms with Crippen LogP contribution in [-0.2, 0) is 11.3 Å². The number of benzene rings is 2. The second-order valence-corrected chi connectivity index (χ2v) is 6.04. The van der Waals surface area contributed by atoms with Crippen LogP contribution in [0.3, 0.4) is 0 Å². The Labute approximate surface area is 151 Å². The van der Waals surface area contributed by atoms with Crippen molar-refractivity contribution in [1.82, 2.24) is 15.5 Å². The van der Waals surface area contributed by atoms with E-state index < -0.39 is 0 Å². The number of halogens is 1. The number of rotatable bonds is 6. The van der Waals surface area contributed by atoms with Crippen LogP contribution in [-0.4, -0.2) is 16.0 Å². The van der Waals surface area contributed by atoms with E-state index in [1.165, 1.54) is 0 Å². The zero-order chi connectivity index (χ0) is 17.6. The Bertz CT molecular complexity index is 831. The van der Waals surface area contributed by atoms with Crippen LogP contribution in [0.25, 0.3) is 11.4 Å². The van der Waals surface area contributed by atoms with Gasteiger partial charge in [0.2, 0.25) is 17.6 Å². The molecule has 3 rings (SSSR count). The van der Waals surface area contributed by atoms with Gasteiger partial charge < -0.3 is 9.84 Å². The Morgan fingerprint density at radius 3 is 2.56 bits per heavy atom. The van der Waals surface area contributed by atoms with Crippen molar-refractivity contribution in [2.75, 3.05) is 0 Å². The Hall–Kier alpha value is -2.66. The molecule has 3 aromatic rings. The molecular formula is C19H18ClN3O2. The fraction of sp³-hybridized carbons (Fsp3) is 0.211. The highest BCUT2D eigenvalue weighted by molar-refractivity contribution is 6.30. The minimum atomic E-state index is -0.195. The van der Waals surface area contributed by atoms with Gasteiger partial charge in [-0.25, -0.2) is 0 Å². The third kappa shape index (κ3) is 4.25. The minimum Gasteiger partial charge on any atom is -0.346 e. The van der Waals surface area contributed by atoms with Crippen LogP contribution < -0.4 is 5.32 Å². The first-order chi connectivity index (χ1) is 12.2.